The molecule has 188 valence electrons. The van der Waals surface area contributed by atoms with Crippen LogP contribution in [-0.2, 0) is 18.5 Å². The molecule has 1 fully saturated rings. The summed E-state index contributed by atoms with van der Waals surface area (Å²) in [5.41, 5.74) is 0. The molecule has 1 amide bonds. The molecule has 0 aromatic carbocycles. The van der Waals surface area contributed by atoms with Gasteiger partial charge in [-0.3, -0.25) is 0 Å². The highest BCUT2D eigenvalue weighted by molar-refractivity contribution is 7.44. The van der Waals surface area contributed by atoms with E-state index in [-0.39, 0.29) is 18.2 Å². The summed E-state index contributed by atoms with van der Waals surface area (Å²) in [4.78, 5) is 12.0. The van der Waals surface area contributed by atoms with Gasteiger partial charge in [0.05, 0.1) is 45.5 Å². The smallest absolute Gasteiger partial charge is 0.407 e. The van der Waals surface area contributed by atoms with Crippen molar-refractivity contribution < 1.29 is 23.3 Å². The van der Waals surface area contributed by atoms with Crippen LogP contribution in [0.2, 0.25) is 0 Å². The summed E-state index contributed by atoms with van der Waals surface area (Å²) < 4.78 is 25.0. The Hall–Kier alpha value is -1.23. The molecule has 8 nitrogen and oxygen atoms in total. The lowest BCUT2D eigenvalue weighted by molar-refractivity contribution is 0.0864. The Labute approximate surface area is 200 Å². The first-order valence-corrected chi connectivity index (χ1v) is 13.4. The zero-order valence-corrected chi connectivity index (χ0v) is 21.6. The summed E-state index contributed by atoms with van der Waals surface area (Å²) in [6.07, 6.45) is 9.23. The van der Waals surface area contributed by atoms with Crippen molar-refractivity contribution in [2.24, 2.45) is 17.8 Å². The Kier molecular flexibility index (Phi) is 13.3. The van der Waals surface area contributed by atoms with Crippen LogP contribution in [0.5, 0.6) is 0 Å². The number of nitrogens with zero attached hydrogens (tertiary/aromatic N) is 2. The highest BCUT2D eigenvalue weighted by Crippen LogP contribution is 2.52. The second-order valence-electron chi connectivity index (χ2n) is 9.14. The van der Waals surface area contributed by atoms with Crippen molar-refractivity contribution in [1.82, 2.24) is 9.99 Å². The van der Waals surface area contributed by atoms with Gasteiger partial charge in [-0.15, -0.1) is 0 Å². The number of allylic oxidation sites excluding steroid dienone is 2. The highest BCUT2D eigenvalue weighted by atomic mass is 31.2. The van der Waals surface area contributed by atoms with E-state index in [0.29, 0.717) is 51.9 Å². The fraction of sp³-hybridized carbons (Fsp3) is 0.833. The minimum absolute atomic E-state index is 0.263. The van der Waals surface area contributed by atoms with E-state index in [1.165, 1.54) is 12.8 Å². The lowest BCUT2D eigenvalue weighted by Gasteiger charge is -2.35. The molecule has 2 rings (SSSR count). The molecule has 0 heterocycles. The molecule has 0 bridgehead atoms. The molecule has 1 N–H and O–H groups in total. The number of hydrogen-bond donors (Lipinski definition) is 1. The number of amides is 1. The number of hydrogen-bond acceptors (Lipinski definition) is 7. The molecule has 0 aliphatic heterocycles. The third-order valence-corrected chi connectivity index (χ3v) is 8.13. The average molecular weight is 484 g/mol. The van der Waals surface area contributed by atoms with Gasteiger partial charge in [-0.05, 0) is 71.1 Å². The zero-order valence-electron chi connectivity index (χ0n) is 20.7. The van der Waals surface area contributed by atoms with Crippen molar-refractivity contribution in [1.29, 1.82) is 5.26 Å². The van der Waals surface area contributed by atoms with Crippen LogP contribution in [0.1, 0.15) is 59.8 Å². The van der Waals surface area contributed by atoms with Crippen molar-refractivity contribution >= 4 is 14.6 Å². The van der Waals surface area contributed by atoms with Crippen LogP contribution in [0.4, 0.5) is 4.79 Å². The second-order valence-corrected chi connectivity index (χ2v) is 10.6. The normalized spacial score (nSPS) is 24.0. The summed E-state index contributed by atoms with van der Waals surface area (Å²) in [7, 11) is -1.26. The van der Waals surface area contributed by atoms with E-state index in [9.17, 15) is 4.79 Å². The topological polar surface area (TPSA) is 93.0 Å². The highest BCUT2D eigenvalue weighted by Gasteiger charge is 2.49. The molecule has 1 saturated carbocycles. The maximum absolute atomic E-state index is 12.0. The van der Waals surface area contributed by atoms with E-state index in [1.54, 1.807) is 0 Å². The van der Waals surface area contributed by atoms with E-state index < -0.39 is 8.53 Å². The number of fused-ring (bicyclic) bond motifs is 1. The van der Waals surface area contributed by atoms with Gasteiger partial charge in [0.2, 0.25) is 0 Å². The number of ether oxygens (including phenoxy) is 2. The summed E-state index contributed by atoms with van der Waals surface area (Å²) in [5.74, 6) is 1.98. The fourth-order valence-corrected chi connectivity index (χ4v) is 6.05. The maximum atomic E-state index is 12.0. The van der Waals surface area contributed by atoms with Crippen LogP contribution >= 0.6 is 8.53 Å². The molecular weight excluding hydrogens is 441 g/mol. The van der Waals surface area contributed by atoms with Crippen LogP contribution < -0.4 is 5.32 Å². The van der Waals surface area contributed by atoms with Gasteiger partial charge in [-0.1, -0.05) is 12.2 Å². The van der Waals surface area contributed by atoms with Crippen LogP contribution in [-0.4, -0.2) is 62.4 Å². The summed E-state index contributed by atoms with van der Waals surface area (Å²) >= 11 is 0. The second kappa shape index (κ2) is 15.6. The molecule has 33 heavy (non-hydrogen) atoms. The molecule has 0 saturated heterocycles. The molecule has 9 heteroatoms. The molecular formula is C24H42N3O5P. The summed E-state index contributed by atoms with van der Waals surface area (Å²) in [6.45, 7) is 10.9. The molecule has 2 aliphatic carbocycles. The summed E-state index contributed by atoms with van der Waals surface area (Å²) in [5, 5.41) is 11.5. The molecule has 0 aromatic heterocycles. The third-order valence-electron chi connectivity index (χ3n) is 6.02. The van der Waals surface area contributed by atoms with E-state index in [2.05, 4.69) is 55.9 Å². The molecule has 3 atom stereocenters. The minimum Gasteiger partial charge on any atom is -0.449 e. The first kappa shape index (κ1) is 28.0. The van der Waals surface area contributed by atoms with Crippen molar-refractivity contribution in [2.75, 3.05) is 39.6 Å². The van der Waals surface area contributed by atoms with Gasteiger partial charge in [0.15, 0.2) is 0 Å². The Morgan fingerprint density at radius 2 is 1.70 bits per heavy atom. The van der Waals surface area contributed by atoms with Gasteiger partial charge >= 0.3 is 6.09 Å². The largest absolute Gasteiger partial charge is 0.449 e. The van der Waals surface area contributed by atoms with Crippen molar-refractivity contribution in [3.8, 4) is 6.07 Å². The average Bonchev–Trinajstić information content (AvgIpc) is 3.39. The number of rotatable bonds is 15. The van der Waals surface area contributed by atoms with Crippen LogP contribution in [0.15, 0.2) is 12.2 Å². The van der Waals surface area contributed by atoms with Gasteiger partial charge in [-0.2, -0.15) is 5.26 Å². The molecule has 3 unspecified atom stereocenters. The minimum atomic E-state index is -1.26. The molecule has 0 spiro atoms. The van der Waals surface area contributed by atoms with Gasteiger partial charge in [-0.25, -0.2) is 9.46 Å². The SMILES string of the molecule is CC(C)N(C(C)C)P(OCCC#N)OCCOCCNC(=O)OCC1C2CC/C=C\CCC21. The van der Waals surface area contributed by atoms with Gasteiger partial charge in [0, 0.05) is 18.6 Å². The van der Waals surface area contributed by atoms with E-state index >= 15 is 0 Å². The van der Waals surface area contributed by atoms with Crippen LogP contribution in [0, 0.1) is 29.1 Å². The fourth-order valence-electron chi connectivity index (χ4n) is 4.48. The number of alkyl carbamates (subject to hydrolysis) is 1. The predicted octanol–water partition coefficient (Wildman–Crippen LogP) is 5.01. The number of nitriles is 1. The molecule has 0 aromatic rings. The predicted molar refractivity (Wildman–Crippen MR) is 129 cm³/mol. The lowest BCUT2D eigenvalue weighted by atomic mass is 10.1. The van der Waals surface area contributed by atoms with Gasteiger partial charge < -0.3 is 23.8 Å². The Morgan fingerprint density at radius 3 is 2.30 bits per heavy atom. The first-order chi connectivity index (χ1) is 16.0. The Balaban J connectivity index is 1.54. The Morgan fingerprint density at radius 1 is 1.06 bits per heavy atom. The van der Waals surface area contributed by atoms with Gasteiger partial charge in [0.25, 0.3) is 8.53 Å². The molecule has 2 aliphatic rings. The number of nitrogens with one attached hydrogen (secondary N) is 1. The van der Waals surface area contributed by atoms with Crippen LogP contribution in [0.25, 0.3) is 0 Å². The standard InChI is InChI=1S/C24H42N3O5P/c1-19(2)27(20(3)4)33(31-14-9-12-25)32-17-16-29-15-13-26-24(28)30-18-23-21-10-7-5-6-8-11-22(21)23/h5-6,19-23H,7-11,13-18H2,1-4H3,(H,26,28)/b6-5-. The first-order valence-electron chi connectivity index (χ1n) is 12.3. The van der Waals surface area contributed by atoms with E-state index in [1.807, 2.05) is 0 Å². The van der Waals surface area contributed by atoms with Gasteiger partial charge in [0.1, 0.15) is 0 Å². The molecule has 0 radical (unpaired) electrons. The van der Waals surface area contributed by atoms with Crippen LogP contribution in [0.3, 0.4) is 0 Å². The summed E-state index contributed by atoms with van der Waals surface area (Å²) in [6, 6.07) is 2.62. The number of carbonyl (C=O) groups excluding carboxylic acids is 1. The third kappa shape index (κ3) is 10.3. The van der Waals surface area contributed by atoms with Crippen molar-refractivity contribution in [3.63, 3.8) is 0 Å². The lowest BCUT2D eigenvalue weighted by Crippen LogP contribution is -2.34. The Bertz CT molecular complexity index is 616. The maximum Gasteiger partial charge on any atom is 0.407 e. The van der Waals surface area contributed by atoms with E-state index in [0.717, 1.165) is 24.7 Å². The zero-order chi connectivity index (χ0) is 24.1. The van der Waals surface area contributed by atoms with Crippen molar-refractivity contribution in [3.05, 3.63) is 12.2 Å². The number of carbonyl (C=O) groups is 1. The quantitative estimate of drug-likeness (QED) is 0.199. The monoisotopic (exact) mass is 483 g/mol. The van der Waals surface area contributed by atoms with E-state index in [4.69, 9.17) is 23.8 Å². The van der Waals surface area contributed by atoms with Crippen molar-refractivity contribution in [2.45, 2.75) is 71.9 Å².